The van der Waals surface area contributed by atoms with Crippen molar-refractivity contribution in [2.24, 2.45) is 0 Å². The van der Waals surface area contributed by atoms with E-state index in [1.165, 1.54) is 0 Å². The maximum atomic E-state index is 10.5. The molecule has 1 aliphatic heterocycles. The molecule has 6 heteroatoms. The van der Waals surface area contributed by atoms with E-state index in [-0.39, 0.29) is 0 Å². The Bertz CT molecular complexity index is 531. The average molecular weight is 232 g/mol. The minimum atomic E-state index is 0.375. The maximum Gasteiger partial charge on any atom is 0.185 e. The molecule has 3 heterocycles. The number of furan rings is 1. The number of aldehydes is 1. The van der Waals surface area contributed by atoms with E-state index in [4.69, 9.17) is 4.42 Å². The van der Waals surface area contributed by atoms with Gasteiger partial charge in [-0.1, -0.05) is 0 Å². The summed E-state index contributed by atoms with van der Waals surface area (Å²) in [5.41, 5.74) is 0. The summed E-state index contributed by atoms with van der Waals surface area (Å²) in [6, 6.07) is 3.53. The van der Waals surface area contributed by atoms with E-state index in [9.17, 15) is 4.79 Å². The van der Waals surface area contributed by atoms with Gasteiger partial charge in [0, 0.05) is 13.1 Å². The number of hydrogen-bond donors (Lipinski definition) is 0. The standard InChI is InChI=1S/C11H12N4O2/c16-7-10-2-1-9(17-10)5-14-3-4-15-8-12-13-11(15)6-14/h1-2,7-8H,3-6H2. The van der Waals surface area contributed by atoms with E-state index < -0.39 is 0 Å². The molecule has 0 unspecified atom stereocenters. The Morgan fingerprint density at radius 3 is 3.18 bits per heavy atom. The van der Waals surface area contributed by atoms with Gasteiger partial charge in [-0.2, -0.15) is 0 Å². The molecule has 0 bridgehead atoms. The summed E-state index contributed by atoms with van der Waals surface area (Å²) in [6.07, 6.45) is 2.47. The number of carbonyl (C=O) groups is 1. The van der Waals surface area contributed by atoms with Crippen LogP contribution in [0.25, 0.3) is 0 Å². The molecule has 0 aromatic carbocycles. The number of aromatic nitrogens is 3. The molecule has 3 rings (SSSR count). The predicted octanol–water partition coefficient (Wildman–Crippen LogP) is 0.699. The Kier molecular flexibility index (Phi) is 2.49. The molecular formula is C11H12N4O2. The number of nitrogens with zero attached hydrogens (tertiary/aromatic N) is 4. The highest BCUT2D eigenvalue weighted by molar-refractivity contribution is 5.70. The molecule has 2 aromatic heterocycles. The Balaban J connectivity index is 1.69. The van der Waals surface area contributed by atoms with Crippen LogP contribution in [0.1, 0.15) is 22.1 Å². The van der Waals surface area contributed by atoms with Crippen LogP contribution < -0.4 is 0 Å². The second-order valence-electron chi connectivity index (χ2n) is 4.07. The third-order valence-corrected chi connectivity index (χ3v) is 2.90. The van der Waals surface area contributed by atoms with Gasteiger partial charge in [-0.15, -0.1) is 10.2 Å². The van der Waals surface area contributed by atoms with Gasteiger partial charge in [-0.3, -0.25) is 9.69 Å². The smallest absolute Gasteiger partial charge is 0.185 e. The molecule has 2 aromatic rings. The zero-order valence-electron chi connectivity index (χ0n) is 9.24. The van der Waals surface area contributed by atoms with Gasteiger partial charge in [0.1, 0.15) is 17.9 Å². The molecule has 6 nitrogen and oxygen atoms in total. The van der Waals surface area contributed by atoms with E-state index in [1.807, 2.05) is 6.07 Å². The summed E-state index contributed by atoms with van der Waals surface area (Å²) in [4.78, 5) is 12.7. The van der Waals surface area contributed by atoms with Crippen molar-refractivity contribution in [2.45, 2.75) is 19.6 Å². The van der Waals surface area contributed by atoms with Gasteiger partial charge in [0.15, 0.2) is 12.0 Å². The van der Waals surface area contributed by atoms with Crippen molar-refractivity contribution in [1.82, 2.24) is 19.7 Å². The Morgan fingerprint density at radius 2 is 2.35 bits per heavy atom. The van der Waals surface area contributed by atoms with Crippen LogP contribution in [0.2, 0.25) is 0 Å². The lowest BCUT2D eigenvalue weighted by molar-refractivity contribution is 0.109. The summed E-state index contributed by atoms with van der Waals surface area (Å²) in [5.74, 6) is 2.15. The van der Waals surface area contributed by atoms with Gasteiger partial charge in [0.25, 0.3) is 0 Å². The lowest BCUT2D eigenvalue weighted by Crippen LogP contribution is -2.33. The van der Waals surface area contributed by atoms with Gasteiger partial charge in [0.05, 0.1) is 13.1 Å². The lowest BCUT2D eigenvalue weighted by Gasteiger charge is -2.25. The Hall–Kier alpha value is -1.95. The van der Waals surface area contributed by atoms with Crippen molar-refractivity contribution in [3.63, 3.8) is 0 Å². The molecule has 0 saturated heterocycles. The molecule has 0 N–H and O–H groups in total. The fourth-order valence-electron chi connectivity index (χ4n) is 2.01. The van der Waals surface area contributed by atoms with E-state index in [1.54, 1.807) is 12.4 Å². The molecule has 0 aliphatic carbocycles. The molecule has 17 heavy (non-hydrogen) atoms. The lowest BCUT2D eigenvalue weighted by atomic mass is 10.3. The van der Waals surface area contributed by atoms with Crippen molar-refractivity contribution in [1.29, 1.82) is 0 Å². The van der Waals surface area contributed by atoms with Crippen molar-refractivity contribution in [3.05, 3.63) is 35.8 Å². The number of hydrogen-bond acceptors (Lipinski definition) is 5. The maximum absolute atomic E-state index is 10.5. The van der Waals surface area contributed by atoms with Crippen LogP contribution in [0.15, 0.2) is 22.9 Å². The van der Waals surface area contributed by atoms with E-state index in [2.05, 4.69) is 19.7 Å². The molecule has 0 fully saturated rings. The van der Waals surface area contributed by atoms with E-state index >= 15 is 0 Å². The monoisotopic (exact) mass is 232 g/mol. The first-order valence-electron chi connectivity index (χ1n) is 5.48. The molecule has 0 spiro atoms. The first kappa shape index (κ1) is 10.2. The molecule has 1 aliphatic rings. The van der Waals surface area contributed by atoms with Crippen LogP contribution in [0.5, 0.6) is 0 Å². The average Bonchev–Trinajstić information content (AvgIpc) is 2.96. The highest BCUT2D eigenvalue weighted by Gasteiger charge is 2.18. The minimum absolute atomic E-state index is 0.375. The summed E-state index contributed by atoms with van der Waals surface area (Å²) in [7, 11) is 0. The first-order chi connectivity index (χ1) is 8.35. The predicted molar refractivity (Wildman–Crippen MR) is 58.2 cm³/mol. The van der Waals surface area contributed by atoms with Crippen molar-refractivity contribution in [3.8, 4) is 0 Å². The third-order valence-electron chi connectivity index (χ3n) is 2.90. The first-order valence-corrected chi connectivity index (χ1v) is 5.48. The van der Waals surface area contributed by atoms with Crippen LogP contribution in [-0.4, -0.2) is 32.5 Å². The largest absolute Gasteiger partial charge is 0.457 e. The van der Waals surface area contributed by atoms with Gasteiger partial charge < -0.3 is 8.98 Å². The van der Waals surface area contributed by atoms with Gasteiger partial charge in [-0.25, -0.2) is 0 Å². The van der Waals surface area contributed by atoms with Crippen molar-refractivity contribution >= 4 is 6.29 Å². The van der Waals surface area contributed by atoms with Crippen LogP contribution in [0.4, 0.5) is 0 Å². The van der Waals surface area contributed by atoms with Crippen molar-refractivity contribution < 1.29 is 9.21 Å². The van der Waals surface area contributed by atoms with Crippen LogP contribution >= 0.6 is 0 Å². The molecule has 0 saturated carbocycles. The second kappa shape index (κ2) is 4.14. The van der Waals surface area contributed by atoms with E-state index in [0.717, 1.165) is 37.5 Å². The summed E-state index contributed by atoms with van der Waals surface area (Å²) in [5, 5.41) is 7.93. The zero-order chi connectivity index (χ0) is 11.7. The van der Waals surface area contributed by atoms with Gasteiger partial charge in [-0.05, 0) is 12.1 Å². The quantitative estimate of drug-likeness (QED) is 0.729. The van der Waals surface area contributed by atoms with Gasteiger partial charge in [0.2, 0.25) is 0 Å². The minimum Gasteiger partial charge on any atom is -0.457 e. The fraction of sp³-hybridized carbons (Fsp3) is 0.364. The van der Waals surface area contributed by atoms with Crippen LogP contribution in [-0.2, 0) is 19.6 Å². The number of carbonyl (C=O) groups excluding carboxylic acids is 1. The summed E-state index contributed by atoms with van der Waals surface area (Å²) < 4.78 is 7.40. The van der Waals surface area contributed by atoms with Crippen LogP contribution in [0.3, 0.4) is 0 Å². The Morgan fingerprint density at radius 1 is 1.41 bits per heavy atom. The SMILES string of the molecule is O=Cc1ccc(CN2CCn3cnnc3C2)o1. The molecule has 88 valence electrons. The molecule has 0 atom stereocenters. The normalized spacial score (nSPS) is 15.8. The highest BCUT2D eigenvalue weighted by Crippen LogP contribution is 2.14. The highest BCUT2D eigenvalue weighted by atomic mass is 16.3. The molecular weight excluding hydrogens is 220 g/mol. The topological polar surface area (TPSA) is 64.2 Å². The molecule has 0 radical (unpaired) electrons. The van der Waals surface area contributed by atoms with Gasteiger partial charge >= 0.3 is 0 Å². The number of fused-ring (bicyclic) bond motifs is 1. The zero-order valence-corrected chi connectivity index (χ0v) is 9.24. The summed E-state index contributed by atoms with van der Waals surface area (Å²) >= 11 is 0. The molecule has 0 amide bonds. The van der Waals surface area contributed by atoms with E-state index in [0.29, 0.717) is 12.3 Å². The summed E-state index contributed by atoms with van der Waals surface area (Å²) in [6.45, 7) is 3.28. The fourth-order valence-corrected chi connectivity index (χ4v) is 2.01. The van der Waals surface area contributed by atoms with Crippen molar-refractivity contribution in [2.75, 3.05) is 6.54 Å². The Labute approximate surface area is 97.8 Å². The van der Waals surface area contributed by atoms with Crippen LogP contribution in [0, 0.1) is 0 Å². The second-order valence-corrected chi connectivity index (χ2v) is 4.07. The number of rotatable bonds is 3. The third kappa shape index (κ3) is 1.99.